The quantitative estimate of drug-likeness (QED) is 0.110. The molecule has 202 valence electrons. The van der Waals surface area contributed by atoms with E-state index in [1.54, 1.807) is 0 Å². The van der Waals surface area contributed by atoms with Crippen LogP contribution in [0.2, 0.25) is 0 Å². The van der Waals surface area contributed by atoms with Crippen LogP contribution >= 0.6 is 23.5 Å². The molecule has 2 aromatic heterocycles. The van der Waals surface area contributed by atoms with E-state index in [9.17, 15) is 38.4 Å². The number of ether oxygens (including phenoxy) is 1. The molecule has 3 rings (SSSR count). The fourth-order valence-corrected chi connectivity index (χ4v) is 5.97. The van der Waals surface area contributed by atoms with Crippen LogP contribution in [0.25, 0.3) is 11.2 Å². The van der Waals surface area contributed by atoms with Crippen LogP contribution in [0.15, 0.2) is 11.1 Å². The molecule has 1 aliphatic rings. The first-order valence-electron chi connectivity index (χ1n) is 9.50. The largest absolute Gasteiger partial charge is 0.490 e. The lowest BCUT2D eigenvalue weighted by atomic mass is 10.2. The number of aliphatic hydroxyl groups is 2. The number of nitrogens with one attached hydrogen (secondary N) is 2. The molecule has 36 heavy (non-hydrogen) atoms. The Bertz CT molecular complexity index is 1340. The Morgan fingerprint density at radius 2 is 1.94 bits per heavy atom. The topological polar surface area (TPSA) is 302 Å². The maximum absolute atomic E-state index is 12.3. The molecule has 8 N–H and O–H groups in total. The Morgan fingerprint density at radius 1 is 1.28 bits per heavy atom. The van der Waals surface area contributed by atoms with Crippen LogP contribution in [0.4, 0.5) is 5.95 Å². The lowest BCUT2D eigenvalue weighted by Crippen LogP contribution is -2.29. The van der Waals surface area contributed by atoms with Gasteiger partial charge in [0.25, 0.3) is 5.56 Å². The van der Waals surface area contributed by atoms with Crippen LogP contribution in [-0.2, 0) is 36.4 Å². The first kappa shape index (κ1) is 28.7. The second-order valence-electron chi connectivity index (χ2n) is 7.22. The van der Waals surface area contributed by atoms with E-state index >= 15 is 0 Å². The number of aromatic nitrogens is 4. The number of aromatic amines is 1. The van der Waals surface area contributed by atoms with Gasteiger partial charge in [-0.15, -0.1) is 0 Å². The van der Waals surface area contributed by atoms with Crippen LogP contribution in [0.5, 0.6) is 0 Å². The summed E-state index contributed by atoms with van der Waals surface area (Å²) in [7, 11) is -16.7. The zero-order chi connectivity index (χ0) is 27.1. The number of phosphoric ester groups is 1. The highest BCUT2D eigenvalue weighted by atomic mass is 31.3. The van der Waals surface area contributed by atoms with Gasteiger partial charge in [0.15, 0.2) is 23.2 Å². The number of anilines is 1. The van der Waals surface area contributed by atoms with Gasteiger partial charge in [-0.25, -0.2) is 18.7 Å². The number of hydrogen-bond donors (Lipinski definition) is 8. The van der Waals surface area contributed by atoms with E-state index < -0.39 is 66.1 Å². The lowest BCUT2D eigenvalue weighted by molar-refractivity contribution is -0.123. The summed E-state index contributed by atoms with van der Waals surface area (Å²) in [5.74, 6) is -0.938. The first-order valence-corrected chi connectivity index (χ1v) is 14.0. The summed E-state index contributed by atoms with van der Waals surface area (Å²) in [4.78, 5) is 69.5. The van der Waals surface area contributed by atoms with Crippen LogP contribution in [0, 0.1) is 0 Å². The van der Waals surface area contributed by atoms with E-state index in [2.05, 4.69) is 33.4 Å². The maximum atomic E-state index is 12.3. The van der Waals surface area contributed by atoms with Crippen molar-refractivity contribution in [3.05, 3.63) is 16.7 Å². The Hall–Kier alpha value is -1.89. The average Bonchev–Trinajstić information content (AvgIpc) is 3.27. The van der Waals surface area contributed by atoms with Gasteiger partial charge in [-0.1, -0.05) is 0 Å². The summed E-state index contributed by atoms with van der Waals surface area (Å²) < 4.78 is 52.3. The van der Waals surface area contributed by atoms with Gasteiger partial charge in [0.1, 0.15) is 12.3 Å². The molecule has 0 amide bonds. The van der Waals surface area contributed by atoms with Gasteiger partial charge in [-0.3, -0.25) is 23.7 Å². The standard InChI is InChI=1S/C13H20N5O15P3/c1-5(19)11(21)16-13-15-10-9(12(22)17-13)14-4-18(10)8-2-6(20)7(31-8)3-30-35(26,27)33-36(28,29)32-34(23,24)25/h4,6-8,11,20-21H,2-3H2,1H3,(H,26,27)(H,28,29)(H2,23,24,25)(H2,15,16,17,22)/t6-,7+,8+,11?/m0/s1. The molecule has 3 unspecified atom stereocenters. The minimum atomic E-state index is -5.72. The molecular weight excluding hydrogens is 559 g/mol. The summed E-state index contributed by atoms with van der Waals surface area (Å²) in [6.07, 6.45) is -4.44. The van der Waals surface area contributed by atoms with Crippen LogP contribution in [0.1, 0.15) is 19.6 Å². The summed E-state index contributed by atoms with van der Waals surface area (Å²) in [6.45, 7) is 0.189. The molecule has 0 radical (unpaired) electrons. The third kappa shape index (κ3) is 7.33. The van der Waals surface area contributed by atoms with Gasteiger partial charge in [-0.05, 0) is 6.92 Å². The number of hydrogen-bond acceptors (Lipinski definition) is 14. The monoisotopic (exact) mass is 579 g/mol. The summed E-state index contributed by atoms with van der Waals surface area (Å²) in [6, 6.07) is 0. The Morgan fingerprint density at radius 3 is 2.56 bits per heavy atom. The van der Waals surface area contributed by atoms with Gasteiger partial charge in [0.05, 0.1) is 19.0 Å². The van der Waals surface area contributed by atoms with E-state index in [0.29, 0.717) is 0 Å². The fourth-order valence-electron chi connectivity index (χ4n) is 2.94. The van der Waals surface area contributed by atoms with E-state index in [4.69, 9.17) is 19.4 Å². The number of Topliss-reactive ketones (excluding diaryl/α,β-unsaturated/α-hetero) is 1. The fraction of sp³-hybridized carbons (Fsp3) is 0.538. The number of H-pyrrole nitrogens is 1. The second kappa shape index (κ2) is 10.5. The predicted molar refractivity (Wildman–Crippen MR) is 113 cm³/mol. The molecular formula is C13H20N5O15P3. The summed E-state index contributed by atoms with van der Waals surface area (Å²) in [5.41, 5.74) is -0.977. The highest BCUT2D eigenvalue weighted by molar-refractivity contribution is 7.66. The minimum absolute atomic E-state index is 0.0808. The Labute approximate surface area is 199 Å². The molecule has 1 aliphatic heterocycles. The van der Waals surface area contributed by atoms with E-state index in [1.165, 1.54) is 4.57 Å². The molecule has 6 atom stereocenters. The highest BCUT2D eigenvalue weighted by Gasteiger charge is 2.43. The minimum Gasteiger partial charge on any atom is -0.390 e. The Kier molecular flexibility index (Phi) is 8.34. The van der Waals surface area contributed by atoms with Crippen molar-refractivity contribution < 1.29 is 66.2 Å². The van der Waals surface area contributed by atoms with Crippen molar-refractivity contribution in [1.82, 2.24) is 19.5 Å². The number of carbonyl (C=O) groups excluding carboxylic acids is 1. The molecule has 0 bridgehead atoms. The van der Waals surface area contributed by atoms with E-state index in [1.807, 2.05) is 0 Å². The molecule has 1 fully saturated rings. The van der Waals surface area contributed by atoms with Crippen molar-refractivity contribution >= 4 is 46.4 Å². The number of ketones is 1. The highest BCUT2D eigenvalue weighted by Crippen LogP contribution is 2.66. The van der Waals surface area contributed by atoms with Crippen molar-refractivity contribution in [2.75, 3.05) is 11.9 Å². The van der Waals surface area contributed by atoms with E-state index in [-0.39, 0.29) is 23.5 Å². The number of carbonyl (C=O) groups is 1. The number of rotatable bonds is 11. The van der Waals surface area contributed by atoms with Gasteiger partial charge in [-0.2, -0.15) is 13.6 Å². The van der Waals surface area contributed by atoms with Crippen molar-refractivity contribution in [3.8, 4) is 0 Å². The van der Waals surface area contributed by atoms with Crippen LogP contribution in [0.3, 0.4) is 0 Å². The molecule has 23 heteroatoms. The van der Waals surface area contributed by atoms with Gasteiger partial charge >= 0.3 is 23.5 Å². The summed E-state index contributed by atoms with van der Waals surface area (Å²) in [5, 5.41) is 22.2. The number of nitrogens with zero attached hydrogens (tertiary/aromatic N) is 3. The average molecular weight is 579 g/mol. The van der Waals surface area contributed by atoms with Crippen molar-refractivity contribution in [3.63, 3.8) is 0 Å². The molecule has 3 heterocycles. The second-order valence-corrected chi connectivity index (χ2v) is 11.6. The summed E-state index contributed by atoms with van der Waals surface area (Å²) >= 11 is 0. The third-order valence-electron chi connectivity index (χ3n) is 4.42. The predicted octanol–water partition coefficient (Wildman–Crippen LogP) is -1.57. The van der Waals surface area contributed by atoms with E-state index in [0.717, 1.165) is 13.3 Å². The maximum Gasteiger partial charge on any atom is 0.490 e. The van der Waals surface area contributed by atoms with Gasteiger partial charge in [0, 0.05) is 6.42 Å². The molecule has 1 saturated heterocycles. The third-order valence-corrected chi connectivity index (χ3v) is 8.23. The van der Waals surface area contributed by atoms with Crippen molar-refractivity contribution in [2.45, 2.75) is 38.0 Å². The normalized spacial score (nSPS) is 24.8. The zero-order valence-corrected chi connectivity index (χ0v) is 20.5. The van der Waals surface area contributed by atoms with Crippen molar-refractivity contribution in [1.29, 1.82) is 0 Å². The zero-order valence-electron chi connectivity index (χ0n) is 17.8. The number of phosphoric acid groups is 3. The molecule has 0 aromatic carbocycles. The smallest absolute Gasteiger partial charge is 0.390 e. The molecule has 0 saturated carbocycles. The molecule has 20 nitrogen and oxygen atoms in total. The number of aliphatic hydroxyl groups excluding tert-OH is 2. The molecule has 0 spiro atoms. The first-order chi connectivity index (χ1) is 16.5. The molecule has 2 aromatic rings. The van der Waals surface area contributed by atoms with Crippen LogP contribution in [-0.4, -0.2) is 80.1 Å². The number of imidazole rings is 1. The van der Waals surface area contributed by atoms with Crippen LogP contribution < -0.4 is 10.9 Å². The molecule has 0 aliphatic carbocycles. The van der Waals surface area contributed by atoms with Gasteiger partial charge < -0.3 is 39.8 Å². The Balaban J connectivity index is 1.72. The SMILES string of the molecule is CC(=O)C(O)Nc1nc2c(ncn2[C@H]2C[C@H](O)[C@@H](COP(=O)(O)OP(=O)(O)OP(=O)(O)O)O2)c(=O)[nH]1. The van der Waals surface area contributed by atoms with Crippen molar-refractivity contribution in [2.24, 2.45) is 0 Å². The lowest BCUT2D eigenvalue weighted by Gasteiger charge is -2.19. The van der Waals surface area contributed by atoms with Gasteiger partial charge in [0.2, 0.25) is 5.95 Å². The number of fused-ring (bicyclic) bond motifs is 1.